The number of hydrogen-bond donors (Lipinski definition) is 0. The number of morpholine rings is 1. The average molecular weight is 493 g/mol. The molecule has 8 nitrogen and oxygen atoms in total. The molecule has 2 aliphatic rings. The number of aryl methyl sites for hydroxylation is 2. The minimum atomic E-state index is -3.49. The van der Waals surface area contributed by atoms with E-state index in [4.69, 9.17) is 4.74 Å². The normalized spacial score (nSPS) is 18.5. The third-order valence-corrected chi connectivity index (χ3v) is 9.13. The van der Waals surface area contributed by atoms with Crippen molar-refractivity contribution in [2.24, 2.45) is 0 Å². The second-order valence-electron chi connectivity index (χ2n) is 8.40. The quantitative estimate of drug-likeness (QED) is 0.561. The monoisotopic (exact) mass is 492 g/mol. The molecule has 0 aliphatic carbocycles. The average Bonchev–Trinajstić information content (AvgIpc) is 3.31. The summed E-state index contributed by atoms with van der Waals surface area (Å²) in [6.45, 7) is 7.78. The zero-order valence-corrected chi connectivity index (χ0v) is 20.7. The number of amides is 1. The van der Waals surface area contributed by atoms with Gasteiger partial charge in [0.1, 0.15) is 0 Å². The molecule has 0 N–H and O–H groups in total. The zero-order valence-electron chi connectivity index (χ0n) is 19.1. The Morgan fingerprint density at radius 1 is 1.06 bits per heavy atom. The first-order valence-electron chi connectivity index (χ1n) is 11.6. The molecule has 0 bridgehead atoms. The van der Waals surface area contributed by atoms with Crippen LogP contribution in [0.5, 0.6) is 0 Å². The van der Waals surface area contributed by atoms with Crippen molar-refractivity contribution in [3.63, 3.8) is 0 Å². The summed E-state index contributed by atoms with van der Waals surface area (Å²) in [7, 11) is -3.49. The van der Waals surface area contributed by atoms with Gasteiger partial charge in [-0.25, -0.2) is 13.4 Å². The van der Waals surface area contributed by atoms with Crippen LogP contribution >= 0.6 is 11.3 Å². The smallest absolute Gasteiger partial charge is 0.243 e. The molecule has 0 atom stereocenters. The number of carbonyl (C=O) groups excluding carboxylic acids is 1. The maximum absolute atomic E-state index is 12.7. The maximum atomic E-state index is 12.7. The van der Waals surface area contributed by atoms with Crippen molar-refractivity contribution in [1.82, 2.24) is 19.1 Å². The molecule has 3 heterocycles. The zero-order chi connectivity index (χ0) is 23.3. The molecular formula is C23H32N4O4S2. The van der Waals surface area contributed by atoms with E-state index in [1.54, 1.807) is 23.5 Å². The number of ether oxygens (including phenoxy) is 1. The van der Waals surface area contributed by atoms with Crippen LogP contribution in [0.4, 0.5) is 0 Å². The van der Waals surface area contributed by atoms with Gasteiger partial charge in [0.2, 0.25) is 15.9 Å². The van der Waals surface area contributed by atoms with E-state index in [2.05, 4.69) is 22.2 Å². The fraction of sp³-hybridized carbons (Fsp3) is 0.565. The molecule has 1 aromatic carbocycles. The maximum Gasteiger partial charge on any atom is 0.243 e. The van der Waals surface area contributed by atoms with Gasteiger partial charge in [-0.05, 0) is 30.5 Å². The van der Waals surface area contributed by atoms with Crippen LogP contribution in [-0.2, 0) is 38.9 Å². The van der Waals surface area contributed by atoms with Crippen LogP contribution in [0.15, 0.2) is 34.5 Å². The molecule has 1 amide bonds. The predicted molar refractivity (Wildman–Crippen MR) is 128 cm³/mol. The van der Waals surface area contributed by atoms with E-state index in [0.717, 1.165) is 50.4 Å². The highest BCUT2D eigenvalue weighted by molar-refractivity contribution is 7.89. The van der Waals surface area contributed by atoms with Crippen LogP contribution < -0.4 is 0 Å². The second-order valence-corrected chi connectivity index (χ2v) is 11.3. The minimum Gasteiger partial charge on any atom is -0.379 e. The summed E-state index contributed by atoms with van der Waals surface area (Å²) in [5.74, 6) is 0.154. The largest absolute Gasteiger partial charge is 0.379 e. The van der Waals surface area contributed by atoms with Crippen LogP contribution in [0.1, 0.15) is 29.6 Å². The second kappa shape index (κ2) is 11.1. The van der Waals surface area contributed by atoms with Crippen molar-refractivity contribution in [2.45, 2.75) is 37.6 Å². The van der Waals surface area contributed by atoms with Crippen molar-refractivity contribution in [3.8, 4) is 0 Å². The van der Waals surface area contributed by atoms with Crippen molar-refractivity contribution in [3.05, 3.63) is 45.9 Å². The van der Waals surface area contributed by atoms with E-state index in [-0.39, 0.29) is 5.91 Å². The van der Waals surface area contributed by atoms with E-state index < -0.39 is 10.0 Å². The highest BCUT2D eigenvalue weighted by Gasteiger charge is 2.26. The lowest BCUT2D eigenvalue weighted by atomic mass is 10.1. The van der Waals surface area contributed by atoms with Gasteiger partial charge in [0.25, 0.3) is 0 Å². The predicted octanol–water partition coefficient (Wildman–Crippen LogP) is 2.00. The lowest BCUT2D eigenvalue weighted by Crippen LogP contribution is -2.48. The van der Waals surface area contributed by atoms with Crippen molar-refractivity contribution in [2.75, 3.05) is 52.5 Å². The first-order chi connectivity index (χ1) is 16.0. The van der Waals surface area contributed by atoms with Gasteiger partial charge in [0, 0.05) is 57.6 Å². The fourth-order valence-electron chi connectivity index (χ4n) is 4.14. The molecule has 33 heavy (non-hydrogen) atoms. The number of rotatable bonds is 8. The first kappa shape index (κ1) is 24.3. The van der Waals surface area contributed by atoms with Crippen LogP contribution in [0.3, 0.4) is 0 Å². The van der Waals surface area contributed by atoms with Crippen molar-refractivity contribution >= 4 is 27.3 Å². The molecule has 0 saturated carbocycles. The standard InChI is InChI=1S/C23H32N4O4S2/c1-2-22-24-20(18-32-22)17-25-9-11-26(12-10-25)23(28)8-5-19-3-6-21(7-4-19)33(29,30)27-13-15-31-16-14-27/h3-4,6-7,18H,2,5,8-17H2,1H3. The number of aromatic nitrogens is 1. The van der Waals surface area contributed by atoms with Crippen LogP contribution in [0.2, 0.25) is 0 Å². The van der Waals surface area contributed by atoms with Gasteiger partial charge in [0.05, 0.1) is 28.8 Å². The first-order valence-corrected chi connectivity index (χ1v) is 13.9. The summed E-state index contributed by atoms with van der Waals surface area (Å²) in [6, 6.07) is 6.92. The third kappa shape index (κ3) is 6.19. The Balaban J connectivity index is 1.23. The Morgan fingerprint density at radius 2 is 1.76 bits per heavy atom. The molecule has 4 rings (SSSR count). The number of piperazine rings is 1. The fourth-order valence-corrected chi connectivity index (χ4v) is 6.29. The lowest BCUT2D eigenvalue weighted by molar-refractivity contribution is -0.133. The highest BCUT2D eigenvalue weighted by atomic mass is 32.2. The van der Waals surface area contributed by atoms with Gasteiger partial charge in [-0.15, -0.1) is 11.3 Å². The molecule has 2 fully saturated rings. The summed E-state index contributed by atoms with van der Waals surface area (Å²) in [4.78, 5) is 21.9. The SMILES string of the molecule is CCc1nc(CN2CCN(C(=O)CCc3ccc(S(=O)(=O)N4CCOCC4)cc3)CC2)cs1. The van der Waals surface area contributed by atoms with Gasteiger partial charge in [-0.2, -0.15) is 4.31 Å². The highest BCUT2D eigenvalue weighted by Crippen LogP contribution is 2.19. The summed E-state index contributed by atoms with van der Waals surface area (Å²) in [5.41, 5.74) is 2.09. The number of thiazole rings is 1. The summed E-state index contributed by atoms with van der Waals surface area (Å²) in [6.07, 6.45) is 2.01. The topological polar surface area (TPSA) is 83.1 Å². The molecule has 2 saturated heterocycles. The minimum absolute atomic E-state index is 0.154. The molecular weight excluding hydrogens is 460 g/mol. The molecule has 10 heteroatoms. The van der Waals surface area contributed by atoms with E-state index in [1.807, 2.05) is 17.0 Å². The summed E-state index contributed by atoms with van der Waals surface area (Å²) < 4.78 is 32.2. The van der Waals surface area contributed by atoms with Gasteiger partial charge >= 0.3 is 0 Å². The Kier molecular flexibility index (Phi) is 8.13. The molecule has 0 unspecified atom stereocenters. The molecule has 180 valence electrons. The van der Waals surface area contributed by atoms with Gasteiger partial charge in [-0.3, -0.25) is 9.69 Å². The van der Waals surface area contributed by atoms with Crippen molar-refractivity contribution < 1.29 is 17.9 Å². The van der Waals surface area contributed by atoms with Gasteiger partial charge in [-0.1, -0.05) is 19.1 Å². The van der Waals surface area contributed by atoms with E-state index in [1.165, 1.54) is 9.31 Å². The Labute approximate surface area is 200 Å². The number of benzene rings is 1. The van der Waals surface area contributed by atoms with Crippen LogP contribution in [-0.4, -0.2) is 85.9 Å². The van der Waals surface area contributed by atoms with Crippen LogP contribution in [0.25, 0.3) is 0 Å². The van der Waals surface area contributed by atoms with Gasteiger partial charge in [0.15, 0.2) is 0 Å². The molecule has 2 aromatic rings. The molecule has 0 radical (unpaired) electrons. The Hall–Kier alpha value is -1.85. The Bertz CT molecular complexity index is 1020. The van der Waals surface area contributed by atoms with E-state index >= 15 is 0 Å². The number of carbonyl (C=O) groups is 1. The number of nitrogens with zero attached hydrogens (tertiary/aromatic N) is 4. The molecule has 0 spiro atoms. The van der Waals surface area contributed by atoms with Crippen LogP contribution in [0, 0.1) is 0 Å². The lowest BCUT2D eigenvalue weighted by Gasteiger charge is -2.34. The summed E-state index contributed by atoms with van der Waals surface area (Å²) in [5, 5.41) is 3.30. The molecule has 1 aromatic heterocycles. The van der Waals surface area contributed by atoms with Gasteiger partial charge < -0.3 is 9.64 Å². The number of hydrogen-bond acceptors (Lipinski definition) is 7. The number of sulfonamides is 1. The third-order valence-electron chi connectivity index (χ3n) is 6.17. The van der Waals surface area contributed by atoms with E-state index in [9.17, 15) is 13.2 Å². The molecule has 2 aliphatic heterocycles. The summed E-state index contributed by atoms with van der Waals surface area (Å²) >= 11 is 1.71. The Morgan fingerprint density at radius 3 is 2.39 bits per heavy atom. The van der Waals surface area contributed by atoms with Crippen molar-refractivity contribution in [1.29, 1.82) is 0 Å². The van der Waals surface area contributed by atoms with E-state index in [0.29, 0.717) is 44.0 Å².